The number of hydrogen-bond donors (Lipinski definition) is 2. The fourth-order valence-electron chi connectivity index (χ4n) is 1.93. The summed E-state index contributed by atoms with van der Waals surface area (Å²) in [6.45, 7) is 0. The van der Waals surface area contributed by atoms with Gasteiger partial charge in [0.25, 0.3) is 0 Å². The summed E-state index contributed by atoms with van der Waals surface area (Å²) in [5, 5.41) is 3.02. The first kappa shape index (κ1) is 8.71. The van der Waals surface area contributed by atoms with E-state index in [1.807, 2.05) is 19.2 Å². The number of rotatable bonds is 2. The minimum absolute atomic E-state index is 0.636. The van der Waals surface area contributed by atoms with Crippen molar-refractivity contribution in [3.63, 3.8) is 0 Å². The van der Waals surface area contributed by atoms with Gasteiger partial charge in [0.05, 0.1) is 5.52 Å². The molecule has 1 aliphatic rings. The lowest BCUT2D eigenvalue weighted by Gasteiger charge is -2.22. The number of H-pyrrole nitrogens is 1. The van der Waals surface area contributed by atoms with Crippen LogP contribution in [0.5, 0.6) is 0 Å². The van der Waals surface area contributed by atoms with Crippen LogP contribution in [0, 0.1) is 0 Å². The predicted octanol–water partition coefficient (Wildman–Crippen LogP) is 2.27. The van der Waals surface area contributed by atoms with Gasteiger partial charge in [-0.05, 0) is 25.0 Å². The summed E-state index contributed by atoms with van der Waals surface area (Å²) in [5.74, 6) is 2.61. The first-order valence-corrected chi connectivity index (χ1v) is 5.41. The van der Waals surface area contributed by atoms with Gasteiger partial charge in [-0.2, -0.15) is 0 Å². The van der Waals surface area contributed by atoms with Gasteiger partial charge in [-0.3, -0.25) is 0 Å². The molecular weight excluding hydrogens is 188 g/mol. The second-order valence-electron chi connectivity index (χ2n) is 4.07. The van der Waals surface area contributed by atoms with E-state index in [4.69, 9.17) is 0 Å². The van der Waals surface area contributed by atoms with Crippen molar-refractivity contribution in [3.05, 3.63) is 18.0 Å². The van der Waals surface area contributed by atoms with Crippen molar-refractivity contribution in [3.8, 4) is 0 Å². The summed E-state index contributed by atoms with van der Waals surface area (Å²) in [6.07, 6.45) is 3.86. The largest absolute Gasteiger partial charge is 0.373 e. The van der Waals surface area contributed by atoms with E-state index >= 15 is 0 Å². The topological polar surface area (TPSA) is 53.6 Å². The molecule has 4 nitrogen and oxygen atoms in total. The Morgan fingerprint density at radius 3 is 2.87 bits per heavy atom. The smallest absolute Gasteiger partial charge is 0.179 e. The monoisotopic (exact) mass is 202 g/mol. The zero-order chi connectivity index (χ0) is 10.3. The van der Waals surface area contributed by atoms with Gasteiger partial charge in [0.1, 0.15) is 11.6 Å². The SMILES string of the molecule is CNc1ccc2[nH]c(C3CCC3)nc2n1. The van der Waals surface area contributed by atoms with Crippen LogP contribution in [0.25, 0.3) is 11.2 Å². The molecule has 0 bridgehead atoms. The Balaban J connectivity index is 2.04. The van der Waals surface area contributed by atoms with Crippen LogP contribution >= 0.6 is 0 Å². The lowest BCUT2D eigenvalue weighted by atomic mass is 9.85. The average Bonchev–Trinajstić information content (AvgIpc) is 2.56. The highest BCUT2D eigenvalue weighted by atomic mass is 15.0. The average molecular weight is 202 g/mol. The Morgan fingerprint density at radius 1 is 1.33 bits per heavy atom. The highest BCUT2D eigenvalue weighted by Gasteiger charge is 2.22. The molecule has 0 atom stereocenters. The molecule has 0 spiro atoms. The summed E-state index contributed by atoms with van der Waals surface area (Å²) in [7, 11) is 1.87. The van der Waals surface area contributed by atoms with Crippen LogP contribution in [0.1, 0.15) is 31.0 Å². The Hall–Kier alpha value is -1.58. The number of aromatic nitrogens is 3. The maximum atomic E-state index is 4.54. The second-order valence-corrected chi connectivity index (χ2v) is 4.07. The van der Waals surface area contributed by atoms with Gasteiger partial charge in [-0.15, -0.1) is 0 Å². The van der Waals surface area contributed by atoms with E-state index in [0.717, 1.165) is 22.8 Å². The lowest BCUT2D eigenvalue weighted by Crippen LogP contribution is -2.10. The van der Waals surface area contributed by atoms with Crippen LogP contribution in [0.3, 0.4) is 0 Å². The number of nitrogens with zero attached hydrogens (tertiary/aromatic N) is 2. The van der Waals surface area contributed by atoms with Crippen molar-refractivity contribution < 1.29 is 0 Å². The molecule has 78 valence electrons. The quantitative estimate of drug-likeness (QED) is 0.785. The zero-order valence-electron chi connectivity index (χ0n) is 8.75. The van der Waals surface area contributed by atoms with Crippen molar-refractivity contribution in [2.75, 3.05) is 12.4 Å². The minimum atomic E-state index is 0.636. The molecule has 0 saturated heterocycles. The van der Waals surface area contributed by atoms with Gasteiger partial charge in [-0.1, -0.05) is 6.42 Å². The maximum Gasteiger partial charge on any atom is 0.179 e. The normalized spacial score (nSPS) is 16.6. The van der Waals surface area contributed by atoms with Gasteiger partial charge in [0.2, 0.25) is 0 Å². The van der Waals surface area contributed by atoms with E-state index in [2.05, 4.69) is 20.3 Å². The molecule has 15 heavy (non-hydrogen) atoms. The summed E-state index contributed by atoms with van der Waals surface area (Å²) in [4.78, 5) is 12.3. The zero-order valence-corrected chi connectivity index (χ0v) is 8.75. The van der Waals surface area contributed by atoms with Crippen molar-refractivity contribution in [2.45, 2.75) is 25.2 Å². The molecular formula is C11H14N4. The van der Waals surface area contributed by atoms with Gasteiger partial charge in [-0.25, -0.2) is 9.97 Å². The highest BCUT2D eigenvalue weighted by molar-refractivity contribution is 5.73. The van der Waals surface area contributed by atoms with Crippen LogP contribution in [-0.2, 0) is 0 Å². The molecule has 0 unspecified atom stereocenters. The third kappa shape index (κ3) is 1.37. The van der Waals surface area contributed by atoms with Crippen LogP contribution in [0.15, 0.2) is 12.1 Å². The number of aromatic amines is 1. The number of nitrogens with one attached hydrogen (secondary N) is 2. The van der Waals surface area contributed by atoms with Gasteiger partial charge in [0.15, 0.2) is 5.65 Å². The van der Waals surface area contributed by atoms with E-state index in [1.54, 1.807) is 0 Å². The molecule has 1 fully saturated rings. The third-order valence-corrected chi connectivity index (χ3v) is 3.11. The van der Waals surface area contributed by atoms with E-state index in [0.29, 0.717) is 5.92 Å². The number of imidazole rings is 1. The van der Waals surface area contributed by atoms with Gasteiger partial charge >= 0.3 is 0 Å². The fraction of sp³-hybridized carbons (Fsp3) is 0.455. The first-order valence-electron chi connectivity index (χ1n) is 5.41. The second kappa shape index (κ2) is 3.22. The molecule has 0 aliphatic heterocycles. The van der Waals surface area contributed by atoms with Crippen LogP contribution in [-0.4, -0.2) is 22.0 Å². The Morgan fingerprint density at radius 2 is 2.20 bits per heavy atom. The van der Waals surface area contributed by atoms with E-state index in [-0.39, 0.29) is 0 Å². The molecule has 0 amide bonds. The van der Waals surface area contributed by atoms with Crippen molar-refractivity contribution in [1.82, 2.24) is 15.0 Å². The van der Waals surface area contributed by atoms with Crippen LogP contribution < -0.4 is 5.32 Å². The minimum Gasteiger partial charge on any atom is -0.373 e. The van der Waals surface area contributed by atoms with Crippen molar-refractivity contribution in [1.29, 1.82) is 0 Å². The molecule has 1 aliphatic carbocycles. The molecule has 3 rings (SSSR count). The number of pyridine rings is 1. The van der Waals surface area contributed by atoms with Gasteiger partial charge < -0.3 is 10.3 Å². The summed E-state index contributed by atoms with van der Waals surface area (Å²) in [6, 6.07) is 3.99. The van der Waals surface area contributed by atoms with E-state index in [9.17, 15) is 0 Å². The Kier molecular flexibility index (Phi) is 1.87. The standard InChI is InChI=1S/C11H14N4/c1-12-9-6-5-8-11(14-9)15-10(13-8)7-3-2-4-7/h5-7H,2-4H2,1H3,(H2,12,13,14,15). The molecule has 2 N–H and O–H groups in total. The molecule has 1 saturated carbocycles. The van der Waals surface area contributed by atoms with Crippen molar-refractivity contribution in [2.24, 2.45) is 0 Å². The molecule has 2 aromatic rings. The lowest BCUT2D eigenvalue weighted by molar-refractivity contribution is 0.404. The molecule has 0 aromatic carbocycles. The molecule has 2 aromatic heterocycles. The van der Waals surface area contributed by atoms with E-state index < -0.39 is 0 Å². The maximum absolute atomic E-state index is 4.54. The molecule has 4 heteroatoms. The Labute approximate surface area is 88.1 Å². The van der Waals surface area contributed by atoms with Crippen LogP contribution in [0.4, 0.5) is 5.82 Å². The summed E-state index contributed by atoms with van der Waals surface area (Å²) >= 11 is 0. The first-order chi connectivity index (χ1) is 7.36. The van der Waals surface area contributed by atoms with Crippen molar-refractivity contribution >= 4 is 17.0 Å². The predicted molar refractivity (Wildman–Crippen MR) is 60.0 cm³/mol. The highest BCUT2D eigenvalue weighted by Crippen LogP contribution is 2.35. The summed E-state index contributed by atoms with van der Waals surface area (Å²) in [5.41, 5.74) is 1.86. The number of anilines is 1. The van der Waals surface area contributed by atoms with E-state index in [1.165, 1.54) is 19.3 Å². The Bertz CT molecular complexity index is 484. The fourth-order valence-corrected chi connectivity index (χ4v) is 1.93. The number of fused-ring (bicyclic) bond motifs is 1. The summed E-state index contributed by atoms with van der Waals surface area (Å²) < 4.78 is 0. The van der Waals surface area contributed by atoms with Crippen LogP contribution in [0.2, 0.25) is 0 Å². The number of hydrogen-bond acceptors (Lipinski definition) is 3. The van der Waals surface area contributed by atoms with Gasteiger partial charge in [0, 0.05) is 13.0 Å². The third-order valence-electron chi connectivity index (χ3n) is 3.11. The molecule has 0 radical (unpaired) electrons. The molecule has 2 heterocycles.